The highest BCUT2D eigenvalue weighted by molar-refractivity contribution is 7.89. The Hall–Kier alpha value is -0.930. The van der Waals surface area contributed by atoms with Crippen molar-refractivity contribution >= 4 is 22.4 Å². The Labute approximate surface area is 166 Å². The average molecular weight is 423 g/mol. The summed E-state index contributed by atoms with van der Waals surface area (Å²) >= 11 is 0. The molecule has 2 N–H and O–H groups in total. The molecule has 3 atom stereocenters. The molecule has 2 saturated heterocycles. The first-order valence-electron chi connectivity index (χ1n) is 9.17. The van der Waals surface area contributed by atoms with Crippen molar-refractivity contribution in [3.63, 3.8) is 0 Å². The largest absolute Gasteiger partial charge is 0.490 e. The topological polar surface area (TPSA) is 81.9 Å². The first-order chi connectivity index (χ1) is 12.4. The van der Waals surface area contributed by atoms with Gasteiger partial charge in [-0.2, -0.15) is 4.31 Å². The molecule has 0 spiro atoms. The fraction of sp³-hybridized carbons (Fsp3) is 0.667. The number of piperidine rings is 1. The van der Waals surface area contributed by atoms with Crippen molar-refractivity contribution in [1.29, 1.82) is 0 Å². The van der Waals surface area contributed by atoms with Crippen LogP contribution >= 0.6 is 12.4 Å². The molecule has 9 heteroatoms. The van der Waals surface area contributed by atoms with Crippen LogP contribution in [0.25, 0.3) is 0 Å². The smallest absolute Gasteiger partial charge is 0.243 e. The summed E-state index contributed by atoms with van der Waals surface area (Å²) in [5.41, 5.74) is 5.98. The van der Waals surface area contributed by atoms with Gasteiger partial charge in [0.15, 0.2) is 11.6 Å². The van der Waals surface area contributed by atoms with Crippen molar-refractivity contribution < 1.29 is 22.3 Å². The van der Waals surface area contributed by atoms with Gasteiger partial charge in [0, 0.05) is 31.2 Å². The molecule has 1 aromatic carbocycles. The quantitative estimate of drug-likeness (QED) is 0.761. The Morgan fingerprint density at radius 1 is 1.37 bits per heavy atom. The molecular weight excluding hydrogens is 395 g/mol. The maximum Gasteiger partial charge on any atom is 0.243 e. The van der Waals surface area contributed by atoms with E-state index in [9.17, 15) is 12.8 Å². The second-order valence-electron chi connectivity index (χ2n) is 7.17. The van der Waals surface area contributed by atoms with Gasteiger partial charge >= 0.3 is 0 Å². The van der Waals surface area contributed by atoms with E-state index in [4.69, 9.17) is 15.2 Å². The van der Waals surface area contributed by atoms with Crippen molar-refractivity contribution in [2.45, 2.75) is 49.6 Å². The van der Waals surface area contributed by atoms with Crippen LogP contribution in [0.15, 0.2) is 23.1 Å². The molecule has 2 aliphatic heterocycles. The normalized spacial score (nSPS) is 25.0. The van der Waals surface area contributed by atoms with E-state index < -0.39 is 15.8 Å². The number of nitrogens with zero attached hydrogens (tertiary/aromatic N) is 1. The zero-order chi connectivity index (χ0) is 18.7. The van der Waals surface area contributed by atoms with Crippen LogP contribution in [-0.4, -0.2) is 51.2 Å². The maximum absolute atomic E-state index is 14.4. The number of hydrogen-bond donors (Lipinski definition) is 1. The third-order valence-electron chi connectivity index (χ3n) is 5.11. The Kier molecular flexibility index (Phi) is 7.88. The minimum atomic E-state index is -3.79. The van der Waals surface area contributed by atoms with Gasteiger partial charge in [-0.05, 0) is 44.4 Å². The predicted octanol–water partition coefficient (Wildman–Crippen LogP) is 2.55. The molecule has 2 fully saturated rings. The molecule has 27 heavy (non-hydrogen) atoms. The summed E-state index contributed by atoms with van der Waals surface area (Å²) in [7, 11) is -3.79. The summed E-state index contributed by atoms with van der Waals surface area (Å²) in [4.78, 5) is -0.0564. The average Bonchev–Trinajstić information content (AvgIpc) is 3.14. The van der Waals surface area contributed by atoms with Crippen molar-refractivity contribution in [1.82, 2.24) is 4.31 Å². The van der Waals surface area contributed by atoms with E-state index in [0.717, 1.165) is 31.7 Å². The third-order valence-corrected chi connectivity index (χ3v) is 7.03. The first kappa shape index (κ1) is 22.4. The SMILES string of the molecule is CC(N)C1CCCCN1S(=O)(=O)c1ccc(OCC2CCOC2)c(F)c1.Cl. The third kappa shape index (κ3) is 5.12. The number of halogens is 2. The highest BCUT2D eigenvalue weighted by Crippen LogP contribution is 2.29. The molecule has 3 rings (SSSR count). The van der Waals surface area contributed by atoms with E-state index in [-0.39, 0.29) is 41.1 Å². The lowest BCUT2D eigenvalue weighted by molar-refractivity contribution is 0.165. The van der Waals surface area contributed by atoms with Gasteiger partial charge in [0.25, 0.3) is 0 Å². The van der Waals surface area contributed by atoms with Gasteiger partial charge in [-0.1, -0.05) is 6.42 Å². The van der Waals surface area contributed by atoms with E-state index in [2.05, 4.69) is 0 Å². The van der Waals surface area contributed by atoms with Gasteiger partial charge in [-0.15, -0.1) is 12.4 Å². The Morgan fingerprint density at radius 3 is 2.78 bits per heavy atom. The monoisotopic (exact) mass is 422 g/mol. The highest BCUT2D eigenvalue weighted by Gasteiger charge is 2.35. The van der Waals surface area contributed by atoms with Crippen molar-refractivity contribution in [2.24, 2.45) is 11.7 Å². The van der Waals surface area contributed by atoms with Crippen molar-refractivity contribution in [2.75, 3.05) is 26.4 Å². The van der Waals surface area contributed by atoms with Crippen LogP contribution in [0, 0.1) is 11.7 Å². The molecule has 3 unspecified atom stereocenters. The lowest BCUT2D eigenvalue weighted by atomic mass is 10.00. The molecule has 0 saturated carbocycles. The van der Waals surface area contributed by atoms with E-state index in [1.54, 1.807) is 0 Å². The van der Waals surface area contributed by atoms with Crippen molar-refractivity contribution in [3.05, 3.63) is 24.0 Å². The lowest BCUT2D eigenvalue weighted by Gasteiger charge is -2.36. The minimum Gasteiger partial charge on any atom is -0.490 e. The molecular formula is C18H28ClFN2O4S. The molecule has 2 aliphatic rings. The molecule has 6 nitrogen and oxygen atoms in total. The summed E-state index contributed by atoms with van der Waals surface area (Å²) < 4.78 is 52.6. The van der Waals surface area contributed by atoms with Crippen molar-refractivity contribution in [3.8, 4) is 5.75 Å². The number of sulfonamides is 1. The second kappa shape index (κ2) is 9.52. The maximum atomic E-state index is 14.4. The molecule has 2 heterocycles. The molecule has 0 radical (unpaired) electrons. The van der Waals surface area contributed by atoms with E-state index in [1.807, 2.05) is 6.92 Å². The molecule has 0 bridgehead atoms. The Morgan fingerprint density at radius 2 is 2.15 bits per heavy atom. The fourth-order valence-electron chi connectivity index (χ4n) is 3.57. The van der Waals surface area contributed by atoms with Crippen LogP contribution in [0.1, 0.15) is 32.6 Å². The summed E-state index contributed by atoms with van der Waals surface area (Å²) in [6, 6.07) is 3.32. The number of benzene rings is 1. The number of ether oxygens (including phenoxy) is 2. The summed E-state index contributed by atoms with van der Waals surface area (Å²) in [6.45, 7) is 3.90. The van der Waals surface area contributed by atoms with E-state index in [0.29, 0.717) is 26.4 Å². The molecule has 154 valence electrons. The number of rotatable bonds is 6. The van der Waals surface area contributed by atoms with E-state index in [1.165, 1.54) is 16.4 Å². The zero-order valence-electron chi connectivity index (χ0n) is 15.5. The van der Waals surface area contributed by atoms with Crippen LogP contribution in [-0.2, 0) is 14.8 Å². The van der Waals surface area contributed by atoms with Crippen LogP contribution in [0.2, 0.25) is 0 Å². The molecule has 0 aliphatic carbocycles. The minimum absolute atomic E-state index is 0. The number of nitrogens with two attached hydrogens (primary N) is 1. The van der Waals surface area contributed by atoms with Gasteiger partial charge in [0.1, 0.15) is 0 Å². The molecule has 0 amide bonds. The van der Waals surface area contributed by atoms with Crippen LogP contribution in [0.5, 0.6) is 5.75 Å². The van der Waals surface area contributed by atoms with Gasteiger partial charge in [-0.3, -0.25) is 0 Å². The van der Waals surface area contributed by atoms with Crippen LogP contribution < -0.4 is 10.5 Å². The van der Waals surface area contributed by atoms with Crippen LogP contribution in [0.4, 0.5) is 4.39 Å². The Balaban J connectivity index is 0.00000261. The van der Waals surface area contributed by atoms with Crippen LogP contribution in [0.3, 0.4) is 0 Å². The summed E-state index contributed by atoms with van der Waals surface area (Å²) in [5.74, 6) is -0.351. The summed E-state index contributed by atoms with van der Waals surface area (Å²) in [5, 5.41) is 0. The molecule has 1 aromatic rings. The van der Waals surface area contributed by atoms with Gasteiger partial charge in [-0.25, -0.2) is 12.8 Å². The molecule has 0 aromatic heterocycles. The standard InChI is InChI=1S/C18H27FN2O4S.ClH/c1-13(20)17-4-2-3-8-21(17)26(22,23)15-5-6-18(16(19)10-15)25-12-14-7-9-24-11-14;/h5-6,10,13-14,17H,2-4,7-9,11-12,20H2,1H3;1H. The zero-order valence-corrected chi connectivity index (χ0v) is 17.1. The van der Waals surface area contributed by atoms with Gasteiger partial charge < -0.3 is 15.2 Å². The van der Waals surface area contributed by atoms with Gasteiger partial charge in [0.05, 0.1) is 18.1 Å². The van der Waals surface area contributed by atoms with Gasteiger partial charge in [0.2, 0.25) is 10.0 Å². The number of hydrogen-bond acceptors (Lipinski definition) is 5. The summed E-state index contributed by atoms with van der Waals surface area (Å²) in [6.07, 6.45) is 3.35. The van der Waals surface area contributed by atoms with E-state index >= 15 is 0 Å². The fourth-order valence-corrected chi connectivity index (χ4v) is 5.36. The second-order valence-corrected chi connectivity index (χ2v) is 9.06. The predicted molar refractivity (Wildman–Crippen MR) is 103 cm³/mol. The first-order valence-corrected chi connectivity index (χ1v) is 10.6. The highest BCUT2D eigenvalue weighted by atomic mass is 35.5. The Bertz CT molecular complexity index is 726. The lowest BCUT2D eigenvalue weighted by Crippen LogP contribution is -2.51.